The molecule has 0 bridgehead atoms. The van der Waals surface area contributed by atoms with Crippen molar-refractivity contribution in [3.8, 4) is 0 Å². The van der Waals surface area contributed by atoms with E-state index in [4.69, 9.17) is 0 Å². The Hall–Kier alpha value is -1.13. The van der Waals surface area contributed by atoms with Crippen LogP contribution in [0, 0.1) is 17.7 Å². The van der Waals surface area contributed by atoms with Gasteiger partial charge >= 0.3 is 0 Å². The van der Waals surface area contributed by atoms with Crippen LogP contribution in [-0.4, -0.2) is 19.0 Å². The summed E-state index contributed by atoms with van der Waals surface area (Å²) in [6.45, 7) is 2.10. The number of nitrogens with one attached hydrogen (secondary N) is 2. The molecule has 1 amide bonds. The molecule has 2 fully saturated rings. The molecule has 0 aromatic heterocycles. The number of halogens is 2. The van der Waals surface area contributed by atoms with Gasteiger partial charge in [-0.25, -0.2) is 4.39 Å². The fourth-order valence-corrected chi connectivity index (χ4v) is 4.01. The van der Waals surface area contributed by atoms with Gasteiger partial charge < -0.3 is 10.6 Å². The smallest absolute Gasteiger partial charge is 0.220 e. The molecular formula is C19H28ClFN2O. The number of amides is 1. The maximum absolute atomic E-state index is 13.6. The number of hydrogen-bond acceptors (Lipinski definition) is 2. The highest BCUT2D eigenvalue weighted by Gasteiger charge is 2.28. The van der Waals surface area contributed by atoms with Crippen LogP contribution in [0.15, 0.2) is 24.3 Å². The molecule has 0 radical (unpaired) electrons. The predicted octanol–water partition coefficient (Wildman–Crippen LogP) is 3.98. The summed E-state index contributed by atoms with van der Waals surface area (Å²) >= 11 is 0. The molecule has 2 unspecified atom stereocenters. The molecule has 3 nitrogen and oxygen atoms in total. The average Bonchev–Trinajstić information content (AvgIpc) is 3.24. The maximum atomic E-state index is 13.6. The van der Waals surface area contributed by atoms with Gasteiger partial charge in [-0.3, -0.25) is 4.79 Å². The number of benzene rings is 1. The molecule has 1 saturated heterocycles. The minimum absolute atomic E-state index is 0. The van der Waals surface area contributed by atoms with E-state index in [1.54, 1.807) is 12.1 Å². The van der Waals surface area contributed by atoms with Crippen molar-refractivity contribution in [2.24, 2.45) is 11.8 Å². The lowest BCUT2D eigenvalue weighted by atomic mass is 9.91. The van der Waals surface area contributed by atoms with E-state index in [1.165, 1.54) is 25.3 Å². The minimum atomic E-state index is -0.225. The van der Waals surface area contributed by atoms with Crippen LogP contribution in [0.3, 0.4) is 0 Å². The summed E-state index contributed by atoms with van der Waals surface area (Å²) in [7, 11) is 0. The third-order valence-electron chi connectivity index (χ3n) is 5.34. The van der Waals surface area contributed by atoms with Crippen molar-refractivity contribution in [2.45, 2.75) is 51.0 Å². The molecule has 1 aliphatic carbocycles. The van der Waals surface area contributed by atoms with E-state index in [2.05, 4.69) is 10.6 Å². The first-order valence-electron chi connectivity index (χ1n) is 8.98. The molecule has 5 heteroatoms. The molecule has 24 heavy (non-hydrogen) atoms. The quantitative estimate of drug-likeness (QED) is 0.811. The normalized spacial score (nSPS) is 22.1. The molecule has 2 aliphatic rings. The fraction of sp³-hybridized carbons (Fsp3) is 0.632. The highest BCUT2D eigenvalue weighted by Crippen LogP contribution is 2.36. The van der Waals surface area contributed by atoms with Gasteiger partial charge in [0.2, 0.25) is 5.91 Å². The van der Waals surface area contributed by atoms with Crippen LogP contribution in [0.5, 0.6) is 0 Å². The predicted molar refractivity (Wildman–Crippen MR) is 96.7 cm³/mol. The molecule has 1 aromatic carbocycles. The van der Waals surface area contributed by atoms with Crippen molar-refractivity contribution in [2.75, 3.05) is 13.1 Å². The zero-order chi connectivity index (χ0) is 16.1. The van der Waals surface area contributed by atoms with Crippen LogP contribution in [0.1, 0.15) is 56.6 Å². The van der Waals surface area contributed by atoms with Crippen LogP contribution in [0.2, 0.25) is 0 Å². The van der Waals surface area contributed by atoms with Crippen molar-refractivity contribution in [1.29, 1.82) is 0 Å². The number of rotatable bonds is 6. The van der Waals surface area contributed by atoms with Crippen LogP contribution >= 0.6 is 12.4 Å². The topological polar surface area (TPSA) is 41.1 Å². The molecular weight excluding hydrogens is 327 g/mol. The molecule has 1 aliphatic heterocycles. The van der Waals surface area contributed by atoms with E-state index in [9.17, 15) is 9.18 Å². The third-order valence-corrected chi connectivity index (χ3v) is 5.34. The van der Waals surface area contributed by atoms with Crippen LogP contribution in [0.25, 0.3) is 0 Å². The second kappa shape index (κ2) is 9.38. The van der Waals surface area contributed by atoms with Crippen LogP contribution in [0.4, 0.5) is 4.39 Å². The lowest BCUT2D eigenvalue weighted by Gasteiger charge is -2.25. The fourth-order valence-electron chi connectivity index (χ4n) is 4.01. The summed E-state index contributed by atoms with van der Waals surface area (Å²) in [6.07, 6.45) is 7.34. The van der Waals surface area contributed by atoms with Gasteiger partial charge in [0.1, 0.15) is 5.82 Å². The van der Waals surface area contributed by atoms with E-state index in [0.717, 1.165) is 37.9 Å². The Kier molecular flexibility index (Phi) is 7.50. The molecule has 134 valence electrons. The zero-order valence-corrected chi connectivity index (χ0v) is 14.9. The molecule has 1 heterocycles. The van der Waals surface area contributed by atoms with Gasteiger partial charge in [-0.1, -0.05) is 25.0 Å². The Morgan fingerprint density at radius 2 is 2.08 bits per heavy atom. The first-order valence-corrected chi connectivity index (χ1v) is 8.98. The van der Waals surface area contributed by atoms with Crippen molar-refractivity contribution in [3.05, 3.63) is 35.6 Å². The van der Waals surface area contributed by atoms with Gasteiger partial charge in [-0.05, 0) is 68.3 Å². The lowest BCUT2D eigenvalue weighted by Crippen LogP contribution is -2.33. The summed E-state index contributed by atoms with van der Waals surface area (Å²) in [4.78, 5) is 12.4. The van der Waals surface area contributed by atoms with Gasteiger partial charge in [0.15, 0.2) is 0 Å². The number of carbonyl (C=O) groups excluding carboxylic acids is 1. The molecule has 1 aromatic rings. The summed E-state index contributed by atoms with van der Waals surface area (Å²) in [6, 6.07) is 6.67. The molecule has 2 N–H and O–H groups in total. The van der Waals surface area contributed by atoms with E-state index in [1.807, 2.05) is 6.07 Å². The van der Waals surface area contributed by atoms with Crippen molar-refractivity contribution in [3.63, 3.8) is 0 Å². The Labute approximate surface area is 150 Å². The Morgan fingerprint density at radius 3 is 2.75 bits per heavy atom. The monoisotopic (exact) mass is 354 g/mol. The molecule has 3 rings (SSSR count). The van der Waals surface area contributed by atoms with Gasteiger partial charge in [0, 0.05) is 6.42 Å². The van der Waals surface area contributed by atoms with Crippen LogP contribution < -0.4 is 10.6 Å². The molecule has 0 spiro atoms. The van der Waals surface area contributed by atoms with E-state index in [0.29, 0.717) is 18.3 Å². The van der Waals surface area contributed by atoms with Crippen molar-refractivity contribution in [1.82, 2.24) is 10.6 Å². The Bertz CT molecular complexity index is 528. The highest BCUT2D eigenvalue weighted by atomic mass is 35.5. The largest absolute Gasteiger partial charge is 0.349 e. The van der Waals surface area contributed by atoms with E-state index >= 15 is 0 Å². The molecule has 1 saturated carbocycles. The van der Waals surface area contributed by atoms with Crippen LogP contribution in [-0.2, 0) is 4.79 Å². The second-order valence-corrected chi connectivity index (χ2v) is 7.04. The van der Waals surface area contributed by atoms with Gasteiger partial charge in [0.05, 0.1) is 6.04 Å². The Morgan fingerprint density at radius 1 is 1.29 bits per heavy atom. The average molecular weight is 355 g/mol. The van der Waals surface area contributed by atoms with E-state index < -0.39 is 0 Å². The summed E-state index contributed by atoms with van der Waals surface area (Å²) in [5.41, 5.74) is 0.910. The second-order valence-electron chi connectivity index (χ2n) is 7.04. The van der Waals surface area contributed by atoms with Gasteiger partial charge in [0.25, 0.3) is 0 Å². The summed E-state index contributed by atoms with van der Waals surface area (Å²) in [5, 5.41) is 6.54. The zero-order valence-electron chi connectivity index (χ0n) is 14.1. The van der Waals surface area contributed by atoms with Gasteiger partial charge in [-0.15, -0.1) is 12.4 Å². The standard InChI is InChI=1S/C19H27FN2O.ClH/c20-17-7-3-6-16(12-17)19(15-4-1-2-5-15)22-18(23)9-8-14-10-11-21-13-14;/h3,6-7,12,14-15,19,21H,1-2,4-5,8-11,13H2,(H,22,23);1H. The van der Waals surface area contributed by atoms with Crippen molar-refractivity contribution >= 4 is 18.3 Å². The number of hydrogen-bond donors (Lipinski definition) is 2. The number of carbonyl (C=O) groups is 1. The van der Waals surface area contributed by atoms with Crippen molar-refractivity contribution < 1.29 is 9.18 Å². The highest BCUT2D eigenvalue weighted by molar-refractivity contribution is 5.85. The summed E-state index contributed by atoms with van der Waals surface area (Å²) < 4.78 is 13.6. The van der Waals surface area contributed by atoms with E-state index in [-0.39, 0.29) is 30.2 Å². The Balaban J connectivity index is 0.00000208. The molecule has 2 atom stereocenters. The SMILES string of the molecule is Cl.O=C(CCC1CCNC1)NC(c1cccc(F)c1)C1CCCC1. The first-order chi connectivity index (χ1) is 11.2. The van der Waals surface area contributed by atoms with Gasteiger partial charge in [-0.2, -0.15) is 0 Å². The lowest BCUT2D eigenvalue weighted by molar-refractivity contribution is -0.122. The maximum Gasteiger partial charge on any atom is 0.220 e. The third kappa shape index (κ3) is 5.18. The minimum Gasteiger partial charge on any atom is -0.349 e. The first kappa shape index (κ1) is 19.2. The summed E-state index contributed by atoms with van der Waals surface area (Å²) in [5.74, 6) is 0.948.